The zero-order valence-electron chi connectivity index (χ0n) is 24.3. The summed E-state index contributed by atoms with van der Waals surface area (Å²) in [5, 5.41) is 9.96. The van der Waals surface area contributed by atoms with E-state index < -0.39 is 0 Å². The standard InChI is InChI=1S/C32H32FN5O3S2/c1-4-13-37-29(36-16-14-35(15-17-36)24-9-7-23(33)8-10-24)26(21(2)27(19-34)30(37)39)18-28-31(40)38(32(42)43-28)20-22-5-11-25(41-3)12-6-22/h5-12,18H,4,13-17,20H2,1-3H3/b28-18-. The van der Waals surface area contributed by atoms with E-state index in [2.05, 4.69) is 15.9 Å². The molecule has 0 atom stereocenters. The Morgan fingerprint density at radius 3 is 2.30 bits per heavy atom. The molecule has 0 bridgehead atoms. The molecule has 2 aliphatic heterocycles. The van der Waals surface area contributed by atoms with E-state index in [0.29, 0.717) is 71.9 Å². The Kier molecular flexibility index (Phi) is 9.18. The van der Waals surface area contributed by atoms with Crippen molar-refractivity contribution in [1.29, 1.82) is 5.26 Å². The van der Waals surface area contributed by atoms with Gasteiger partial charge in [-0.2, -0.15) is 5.26 Å². The number of anilines is 2. The number of ether oxygens (including phenoxy) is 1. The molecule has 2 aliphatic rings. The van der Waals surface area contributed by atoms with Gasteiger partial charge < -0.3 is 14.5 Å². The van der Waals surface area contributed by atoms with Crippen LogP contribution in [0.1, 0.15) is 35.6 Å². The van der Waals surface area contributed by atoms with Crippen molar-refractivity contribution in [2.75, 3.05) is 43.1 Å². The number of carbonyl (C=O) groups excluding carboxylic acids is 1. The third-order valence-corrected chi connectivity index (χ3v) is 9.09. The summed E-state index contributed by atoms with van der Waals surface area (Å²) in [4.78, 5) is 33.5. The zero-order valence-corrected chi connectivity index (χ0v) is 25.9. The van der Waals surface area contributed by atoms with E-state index in [1.165, 1.54) is 23.9 Å². The number of methoxy groups -OCH3 is 1. The van der Waals surface area contributed by atoms with Gasteiger partial charge in [-0.25, -0.2) is 4.39 Å². The van der Waals surface area contributed by atoms with E-state index in [1.807, 2.05) is 31.2 Å². The van der Waals surface area contributed by atoms with Crippen LogP contribution in [0.4, 0.5) is 15.9 Å². The van der Waals surface area contributed by atoms with Gasteiger partial charge in [0.2, 0.25) is 0 Å². The van der Waals surface area contributed by atoms with Crippen LogP contribution in [-0.2, 0) is 17.9 Å². The maximum Gasteiger partial charge on any atom is 0.270 e. The largest absolute Gasteiger partial charge is 0.497 e. The highest BCUT2D eigenvalue weighted by Gasteiger charge is 2.34. The summed E-state index contributed by atoms with van der Waals surface area (Å²) >= 11 is 6.83. The molecule has 0 N–H and O–H groups in total. The molecule has 3 heterocycles. The van der Waals surface area contributed by atoms with Crippen LogP contribution >= 0.6 is 24.0 Å². The lowest BCUT2D eigenvalue weighted by Crippen LogP contribution is -2.48. The molecule has 11 heteroatoms. The number of pyridine rings is 1. The number of nitrogens with zero attached hydrogens (tertiary/aromatic N) is 5. The third-order valence-electron chi connectivity index (χ3n) is 7.71. The molecule has 0 saturated carbocycles. The Bertz CT molecular complexity index is 1670. The molecule has 2 aromatic carbocycles. The molecule has 3 aromatic rings. The number of rotatable bonds is 8. The molecular formula is C32H32FN5O3S2. The predicted molar refractivity (Wildman–Crippen MR) is 173 cm³/mol. The van der Waals surface area contributed by atoms with Crippen LogP contribution in [0.2, 0.25) is 0 Å². The number of thioether (sulfide) groups is 1. The Balaban J connectivity index is 1.51. The second-order valence-electron chi connectivity index (χ2n) is 10.4. The average Bonchev–Trinajstić information content (AvgIpc) is 3.28. The van der Waals surface area contributed by atoms with Crippen molar-refractivity contribution in [2.24, 2.45) is 0 Å². The maximum absolute atomic E-state index is 13.6. The summed E-state index contributed by atoms with van der Waals surface area (Å²) < 4.78 is 20.8. The normalized spacial score (nSPS) is 16.3. The van der Waals surface area contributed by atoms with Gasteiger partial charge in [-0.1, -0.05) is 43.0 Å². The monoisotopic (exact) mass is 617 g/mol. The number of thiocarbonyl (C=S) groups is 1. The fraction of sp³-hybridized carbons (Fsp3) is 0.312. The third kappa shape index (κ3) is 6.17. The van der Waals surface area contributed by atoms with E-state index in [-0.39, 0.29) is 22.8 Å². The quantitative estimate of drug-likeness (QED) is 0.249. The Morgan fingerprint density at radius 2 is 1.70 bits per heavy atom. The number of hydrogen-bond donors (Lipinski definition) is 0. The Hall–Kier alpha value is -4.14. The minimum absolute atomic E-state index is 0.0714. The van der Waals surface area contributed by atoms with Crippen molar-refractivity contribution >= 4 is 51.8 Å². The fourth-order valence-electron chi connectivity index (χ4n) is 5.43. The first-order chi connectivity index (χ1) is 20.7. The highest BCUT2D eigenvalue weighted by atomic mass is 32.2. The minimum Gasteiger partial charge on any atom is -0.497 e. The second kappa shape index (κ2) is 13.0. The molecule has 0 aliphatic carbocycles. The lowest BCUT2D eigenvalue weighted by Gasteiger charge is -2.39. The molecule has 1 amide bonds. The van der Waals surface area contributed by atoms with Gasteiger partial charge in [-0.3, -0.25) is 19.1 Å². The molecule has 0 spiro atoms. The molecule has 0 unspecified atom stereocenters. The highest BCUT2D eigenvalue weighted by molar-refractivity contribution is 8.26. The summed E-state index contributed by atoms with van der Waals surface area (Å²) in [5.74, 6) is 0.927. The lowest BCUT2D eigenvalue weighted by molar-refractivity contribution is -0.122. The van der Waals surface area contributed by atoms with Gasteiger partial charge in [-0.15, -0.1) is 0 Å². The molecule has 5 rings (SSSR count). The van der Waals surface area contributed by atoms with Gasteiger partial charge in [0.1, 0.15) is 33.3 Å². The van der Waals surface area contributed by atoms with E-state index in [0.717, 1.165) is 17.0 Å². The van der Waals surface area contributed by atoms with Crippen LogP contribution in [-0.4, -0.2) is 53.0 Å². The first-order valence-electron chi connectivity index (χ1n) is 14.1. The van der Waals surface area contributed by atoms with Crippen LogP contribution in [0.25, 0.3) is 6.08 Å². The van der Waals surface area contributed by atoms with Gasteiger partial charge in [-0.05, 0) is 66.9 Å². The van der Waals surface area contributed by atoms with Crippen molar-refractivity contribution in [3.05, 3.63) is 91.9 Å². The lowest BCUT2D eigenvalue weighted by atomic mass is 10.0. The number of aromatic nitrogens is 1. The number of halogens is 1. The highest BCUT2D eigenvalue weighted by Crippen LogP contribution is 2.37. The summed E-state index contributed by atoms with van der Waals surface area (Å²) in [7, 11) is 1.60. The van der Waals surface area contributed by atoms with Crippen molar-refractivity contribution in [2.45, 2.75) is 33.4 Å². The topological polar surface area (TPSA) is 81.8 Å². The van der Waals surface area contributed by atoms with Crippen LogP contribution < -0.4 is 20.1 Å². The van der Waals surface area contributed by atoms with E-state index in [4.69, 9.17) is 17.0 Å². The molecule has 2 saturated heterocycles. The second-order valence-corrected chi connectivity index (χ2v) is 12.0. The SMILES string of the molecule is CCCn1c(N2CCN(c3ccc(F)cc3)CC2)c(/C=C2\SC(=S)N(Cc3ccc(OC)cc3)C2=O)c(C)c(C#N)c1=O. The summed E-state index contributed by atoms with van der Waals surface area (Å²) in [6.07, 6.45) is 2.48. The molecule has 0 radical (unpaired) electrons. The average molecular weight is 618 g/mol. The van der Waals surface area contributed by atoms with Crippen LogP contribution in [0.15, 0.2) is 58.2 Å². The number of benzene rings is 2. The summed E-state index contributed by atoms with van der Waals surface area (Å²) in [5.41, 5.74) is 2.80. The first-order valence-corrected chi connectivity index (χ1v) is 15.3. The Labute approximate surface area is 260 Å². The minimum atomic E-state index is -0.331. The predicted octanol–water partition coefficient (Wildman–Crippen LogP) is 5.31. The molecule has 222 valence electrons. The summed E-state index contributed by atoms with van der Waals surface area (Å²) in [6.45, 7) is 7.03. The number of hydrogen-bond acceptors (Lipinski definition) is 8. The molecular weight excluding hydrogens is 586 g/mol. The molecule has 2 fully saturated rings. The van der Waals surface area contributed by atoms with Gasteiger partial charge in [0.05, 0.1) is 18.6 Å². The van der Waals surface area contributed by atoms with Crippen molar-refractivity contribution in [3.63, 3.8) is 0 Å². The van der Waals surface area contributed by atoms with Gasteiger partial charge in [0.15, 0.2) is 0 Å². The molecule has 8 nitrogen and oxygen atoms in total. The zero-order chi connectivity index (χ0) is 30.7. The van der Waals surface area contributed by atoms with Gasteiger partial charge >= 0.3 is 0 Å². The fourth-order valence-corrected chi connectivity index (χ4v) is 6.66. The van der Waals surface area contributed by atoms with Crippen molar-refractivity contribution in [3.8, 4) is 11.8 Å². The molecule has 43 heavy (non-hydrogen) atoms. The van der Waals surface area contributed by atoms with Crippen LogP contribution in [0.3, 0.4) is 0 Å². The summed E-state index contributed by atoms with van der Waals surface area (Å²) in [6, 6.07) is 16.0. The molecule has 1 aromatic heterocycles. The smallest absolute Gasteiger partial charge is 0.270 e. The number of piperazine rings is 1. The first kappa shape index (κ1) is 30.3. The Morgan fingerprint density at radius 1 is 1.05 bits per heavy atom. The van der Waals surface area contributed by atoms with Crippen LogP contribution in [0, 0.1) is 24.1 Å². The number of nitriles is 1. The van der Waals surface area contributed by atoms with Gasteiger partial charge in [0, 0.05) is 44.0 Å². The maximum atomic E-state index is 13.6. The van der Waals surface area contributed by atoms with Crippen LogP contribution in [0.5, 0.6) is 5.75 Å². The van der Waals surface area contributed by atoms with E-state index >= 15 is 0 Å². The van der Waals surface area contributed by atoms with Crippen molar-refractivity contribution in [1.82, 2.24) is 9.47 Å². The van der Waals surface area contributed by atoms with E-state index in [9.17, 15) is 19.2 Å². The van der Waals surface area contributed by atoms with Crippen molar-refractivity contribution < 1.29 is 13.9 Å². The number of carbonyl (C=O) groups is 1. The van der Waals surface area contributed by atoms with E-state index in [1.54, 1.807) is 41.7 Å². The number of amides is 1. The van der Waals surface area contributed by atoms with Gasteiger partial charge in [0.25, 0.3) is 11.5 Å².